The van der Waals surface area contributed by atoms with E-state index < -0.39 is 20.2 Å². The summed E-state index contributed by atoms with van der Waals surface area (Å²) >= 11 is -1.94. The summed E-state index contributed by atoms with van der Waals surface area (Å²) in [4.78, 5) is 0. The van der Waals surface area contributed by atoms with Crippen molar-refractivity contribution >= 4 is 53.8 Å². The molecule has 26 heavy (non-hydrogen) atoms. The van der Waals surface area contributed by atoms with Crippen LogP contribution in [0.1, 0.15) is 33.4 Å². The van der Waals surface area contributed by atoms with Gasteiger partial charge in [-0.05, 0) is 0 Å². The molecule has 0 amide bonds. The Kier molecular flexibility index (Phi) is 3.55. The Bertz CT molecular complexity index is 881. The molecular weight excluding hydrogens is 421 g/mol. The van der Waals surface area contributed by atoms with E-state index in [9.17, 15) is 0 Å². The van der Waals surface area contributed by atoms with Gasteiger partial charge in [0.2, 0.25) is 0 Å². The molecule has 0 spiro atoms. The predicted molar refractivity (Wildman–Crippen MR) is 117 cm³/mol. The fraction of sp³-hybridized carbons (Fsp3) is 0.250. The number of hydrogen-bond acceptors (Lipinski definition) is 0. The topological polar surface area (TPSA) is 0 Å². The molecule has 3 aliphatic rings. The average Bonchev–Trinajstić information content (AvgIpc) is 2.58. The Morgan fingerprint density at radius 2 is 0.731 bits per heavy atom. The van der Waals surface area contributed by atoms with Gasteiger partial charge in [-0.25, -0.2) is 0 Å². The molecule has 2 bridgehead atoms. The molecular formula is C24H24BSb. The van der Waals surface area contributed by atoms with Gasteiger partial charge in [-0.3, -0.25) is 0 Å². The van der Waals surface area contributed by atoms with E-state index in [2.05, 4.69) is 77.9 Å². The molecule has 2 heteroatoms. The third kappa shape index (κ3) is 2.10. The minimum atomic E-state index is -1.94. The molecule has 3 aliphatic heterocycles. The van der Waals surface area contributed by atoms with Crippen LogP contribution in [0.25, 0.3) is 0 Å². The van der Waals surface area contributed by atoms with Crippen molar-refractivity contribution in [1.29, 1.82) is 0 Å². The normalized spacial score (nSPS) is 14.3. The van der Waals surface area contributed by atoms with Crippen molar-refractivity contribution in [3.63, 3.8) is 0 Å². The van der Waals surface area contributed by atoms with Gasteiger partial charge in [0, 0.05) is 0 Å². The van der Waals surface area contributed by atoms with Gasteiger partial charge in [0.25, 0.3) is 0 Å². The molecule has 0 saturated carbocycles. The van der Waals surface area contributed by atoms with Gasteiger partial charge in [-0.15, -0.1) is 0 Å². The van der Waals surface area contributed by atoms with E-state index in [-0.39, 0.29) is 0 Å². The summed E-state index contributed by atoms with van der Waals surface area (Å²) in [5.74, 6) is 0. The quantitative estimate of drug-likeness (QED) is 0.315. The second-order valence-electron chi connectivity index (χ2n) is 8.25. The van der Waals surface area contributed by atoms with Crippen molar-refractivity contribution in [3.05, 3.63) is 69.8 Å². The van der Waals surface area contributed by atoms with Gasteiger partial charge in [0.05, 0.1) is 0 Å². The van der Waals surface area contributed by atoms with Crippen molar-refractivity contribution in [1.82, 2.24) is 0 Å². The number of benzene rings is 3. The van der Waals surface area contributed by atoms with Gasteiger partial charge < -0.3 is 0 Å². The first-order chi connectivity index (χ1) is 12.4. The SMILES string of the molecule is Cc1cc2[c](cc1C)[Sb]1[c]3cc(C)c(C)cc3B2c2cc(C)c(C)c[c]21. The molecule has 0 unspecified atom stereocenters. The molecule has 6 rings (SSSR count). The maximum atomic E-state index is 2.54. The van der Waals surface area contributed by atoms with Crippen molar-refractivity contribution in [2.45, 2.75) is 41.5 Å². The Labute approximate surface area is 164 Å². The summed E-state index contributed by atoms with van der Waals surface area (Å²) in [6.07, 6.45) is 0. The van der Waals surface area contributed by atoms with Crippen LogP contribution in [0.5, 0.6) is 0 Å². The second-order valence-corrected chi connectivity index (χ2v) is 14.3. The van der Waals surface area contributed by atoms with Crippen LogP contribution in [-0.4, -0.2) is 26.9 Å². The van der Waals surface area contributed by atoms with Crippen molar-refractivity contribution in [2.24, 2.45) is 0 Å². The fourth-order valence-corrected chi connectivity index (χ4v) is 13.5. The van der Waals surface area contributed by atoms with Gasteiger partial charge in [-0.2, -0.15) is 0 Å². The molecule has 0 radical (unpaired) electrons. The second kappa shape index (κ2) is 5.52. The summed E-state index contributed by atoms with van der Waals surface area (Å²) in [5, 5.41) is 0. The average molecular weight is 445 g/mol. The molecule has 0 aromatic heterocycles. The molecule has 0 N–H and O–H groups in total. The van der Waals surface area contributed by atoms with Crippen LogP contribution >= 0.6 is 0 Å². The number of hydrogen-bond donors (Lipinski definition) is 0. The van der Waals surface area contributed by atoms with Crippen LogP contribution in [0, 0.1) is 41.5 Å². The Hall–Kier alpha value is -1.46. The first-order valence-electron chi connectivity index (χ1n) is 9.50. The molecule has 0 saturated heterocycles. The number of aryl methyl sites for hydroxylation is 6. The van der Waals surface area contributed by atoms with E-state index in [1.54, 1.807) is 26.9 Å². The standard InChI is InChI=1S/C24H24B.Sb/c1-16-7-10-22(13-19(16)4)25(23-11-8-17(2)20(5)14-23)24-12-9-18(3)21(6)15-24;/h7-9,13-15H,1-6H3;. The van der Waals surface area contributed by atoms with E-state index in [4.69, 9.17) is 0 Å². The molecule has 3 aromatic carbocycles. The van der Waals surface area contributed by atoms with Crippen molar-refractivity contribution in [3.8, 4) is 0 Å². The maximum absolute atomic E-state index is 2.54. The van der Waals surface area contributed by atoms with Gasteiger partial charge in [-0.1, -0.05) is 0 Å². The molecule has 3 heterocycles. The molecule has 128 valence electrons. The van der Waals surface area contributed by atoms with Crippen molar-refractivity contribution < 1.29 is 0 Å². The molecule has 0 atom stereocenters. The first kappa shape index (κ1) is 16.7. The summed E-state index contributed by atoms with van der Waals surface area (Å²) in [6, 6.07) is 15.1. The zero-order valence-corrected chi connectivity index (χ0v) is 19.0. The summed E-state index contributed by atoms with van der Waals surface area (Å²) in [5.41, 5.74) is 13.5. The molecule has 0 aliphatic carbocycles. The summed E-state index contributed by atoms with van der Waals surface area (Å²) < 4.78 is 5.15. The molecule has 0 nitrogen and oxygen atoms in total. The van der Waals surface area contributed by atoms with E-state index in [0.29, 0.717) is 6.71 Å². The molecule has 0 fully saturated rings. The minimum absolute atomic E-state index is 0.433. The first-order valence-corrected chi connectivity index (χ1v) is 13.3. The third-order valence-electron chi connectivity index (χ3n) is 6.58. The van der Waals surface area contributed by atoms with E-state index in [0.717, 1.165) is 0 Å². The monoisotopic (exact) mass is 444 g/mol. The number of rotatable bonds is 0. The van der Waals surface area contributed by atoms with Crippen molar-refractivity contribution in [2.75, 3.05) is 0 Å². The van der Waals surface area contributed by atoms with Gasteiger partial charge in [0.15, 0.2) is 0 Å². The van der Waals surface area contributed by atoms with E-state index in [1.807, 2.05) is 0 Å². The summed E-state index contributed by atoms with van der Waals surface area (Å²) in [6.45, 7) is 14.1. The third-order valence-corrected chi connectivity index (χ3v) is 14.0. The van der Waals surface area contributed by atoms with Crippen LogP contribution in [0.4, 0.5) is 0 Å². The van der Waals surface area contributed by atoms with Crippen LogP contribution in [0.15, 0.2) is 36.4 Å². The zero-order valence-electron chi connectivity index (χ0n) is 16.5. The van der Waals surface area contributed by atoms with Crippen LogP contribution in [0.2, 0.25) is 0 Å². The van der Waals surface area contributed by atoms with Gasteiger partial charge in [0.1, 0.15) is 0 Å². The Morgan fingerprint density at radius 3 is 1.04 bits per heavy atom. The predicted octanol–water partition coefficient (Wildman–Crippen LogP) is 1.20. The van der Waals surface area contributed by atoms with E-state index in [1.165, 1.54) is 33.4 Å². The summed E-state index contributed by atoms with van der Waals surface area (Å²) in [7, 11) is 0. The molecule has 3 aromatic rings. The van der Waals surface area contributed by atoms with Gasteiger partial charge >= 0.3 is 165 Å². The Morgan fingerprint density at radius 1 is 0.462 bits per heavy atom. The van der Waals surface area contributed by atoms with Crippen LogP contribution < -0.4 is 26.9 Å². The van der Waals surface area contributed by atoms with Crippen LogP contribution in [-0.2, 0) is 0 Å². The zero-order chi connectivity index (χ0) is 18.3. The van der Waals surface area contributed by atoms with E-state index >= 15 is 0 Å². The fourth-order valence-electron chi connectivity index (χ4n) is 4.64. The van der Waals surface area contributed by atoms with Crippen LogP contribution in [0.3, 0.4) is 0 Å². The Balaban J connectivity index is 1.91.